The van der Waals surface area contributed by atoms with E-state index in [2.05, 4.69) is 15.1 Å². The van der Waals surface area contributed by atoms with Crippen LogP contribution in [0.5, 0.6) is 11.5 Å². The molecule has 0 atom stereocenters. The molecular formula is C22H25FN4O3. The molecule has 3 aromatic rings. The van der Waals surface area contributed by atoms with Crippen LogP contribution in [0.15, 0.2) is 42.5 Å². The van der Waals surface area contributed by atoms with E-state index in [0.717, 1.165) is 36.0 Å². The quantitative estimate of drug-likeness (QED) is 0.595. The summed E-state index contributed by atoms with van der Waals surface area (Å²) in [5.41, 5.74) is 1.85. The minimum absolute atomic E-state index is 0.275. The predicted octanol–water partition coefficient (Wildman–Crippen LogP) is 2.85. The van der Waals surface area contributed by atoms with Gasteiger partial charge >= 0.3 is 0 Å². The van der Waals surface area contributed by atoms with Crippen LogP contribution in [-0.2, 0) is 17.7 Å². The molecule has 158 valence electrons. The zero-order valence-corrected chi connectivity index (χ0v) is 17.2. The molecule has 0 bridgehead atoms. The molecule has 1 aliphatic heterocycles. The Labute approximate surface area is 175 Å². The zero-order valence-electron chi connectivity index (χ0n) is 17.2. The summed E-state index contributed by atoms with van der Waals surface area (Å²) < 4.78 is 31.7. The van der Waals surface area contributed by atoms with Crippen LogP contribution in [0, 0.1) is 5.82 Å². The Balaban J connectivity index is 1.67. The van der Waals surface area contributed by atoms with E-state index in [-0.39, 0.29) is 5.82 Å². The Hall–Kier alpha value is -2.97. The van der Waals surface area contributed by atoms with Crippen LogP contribution in [0.25, 0.3) is 5.69 Å². The molecule has 0 aliphatic carbocycles. The van der Waals surface area contributed by atoms with Crippen molar-refractivity contribution in [3.63, 3.8) is 0 Å². The van der Waals surface area contributed by atoms with Crippen molar-refractivity contribution in [1.29, 1.82) is 0 Å². The summed E-state index contributed by atoms with van der Waals surface area (Å²) in [5.74, 6) is 2.66. The average molecular weight is 412 g/mol. The van der Waals surface area contributed by atoms with E-state index < -0.39 is 0 Å². The molecular weight excluding hydrogens is 387 g/mol. The Morgan fingerprint density at radius 3 is 2.33 bits per heavy atom. The van der Waals surface area contributed by atoms with E-state index in [4.69, 9.17) is 14.2 Å². The van der Waals surface area contributed by atoms with Gasteiger partial charge in [-0.05, 0) is 42.0 Å². The molecule has 0 unspecified atom stereocenters. The smallest absolute Gasteiger partial charge is 0.161 e. The molecule has 0 amide bonds. The molecule has 4 rings (SSSR count). The van der Waals surface area contributed by atoms with Gasteiger partial charge in [-0.2, -0.15) is 0 Å². The molecule has 1 aromatic heterocycles. The first-order chi connectivity index (χ1) is 14.7. The standard InChI is InChI=1S/C22H25FN4O3/c1-28-19-8-3-16(13-20(19)29-2)14-21-24-25-22(15-26-9-11-30-12-10-26)27(21)18-6-4-17(23)5-7-18/h3-8,13H,9-12,14-15H2,1-2H3. The van der Waals surface area contributed by atoms with Gasteiger partial charge in [-0.15, -0.1) is 10.2 Å². The Morgan fingerprint density at radius 2 is 1.63 bits per heavy atom. The summed E-state index contributed by atoms with van der Waals surface area (Å²) in [6, 6.07) is 12.2. The second-order valence-corrected chi connectivity index (χ2v) is 7.10. The molecule has 1 fully saturated rings. The third-order valence-electron chi connectivity index (χ3n) is 5.16. The zero-order chi connectivity index (χ0) is 20.9. The van der Waals surface area contributed by atoms with E-state index >= 15 is 0 Å². The molecule has 2 heterocycles. The minimum atomic E-state index is -0.275. The first-order valence-corrected chi connectivity index (χ1v) is 9.88. The first-order valence-electron chi connectivity index (χ1n) is 9.88. The minimum Gasteiger partial charge on any atom is -0.493 e. The number of ether oxygens (including phenoxy) is 3. The van der Waals surface area contributed by atoms with Crippen LogP contribution in [0.3, 0.4) is 0 Å². The van der Waals surface area contributed by atoms with Gasteiger partial charge in [0.25, 0.3) is 0 Å². The van der Waals surface area contributed by atoms with E-state index in [0.29, 0.717) is 37.7 Å². The molecule has 0 spiro atoms. The maximum atomic E-state index is 13.5. The van der Waals surface area contributed by atoms with Gasteiger partial charge in [-0.25, -0.2) is 4.39 Å². The van der Waals surface area contributed by atoms with Crippen molar-refractivity contribution in [2.24, 2.45) is 0 Å². The highest BCUT2D eigenvalue weighted by Gasteiger charge is 2.19. The number of hydrogen-bond donors (Lipinski definition) is 0. The monoisotopic (exact) mass is 412 g/mol. The summed E-state index contributed by atoms with van der Waals surface area (Å²) in [5, 5.41) is 8.93. The van der Waals surface area contributed by atoms with Gasteiger partial charge in [-0.3, -0.25) is 9.47 Å². The number of methoxy groups -OCH3 is 2. The van der Waals surface area contributed by atoms with Crippen LogP contribution in [0.1, 0.15) is 17.2 Å². The van der Waals surface area contributed by atoms with Crippen LogP contribution in [0.2, 0.25) is 0 Å². The topological polar surface area (TPSA) is 61.6 Å². The molecule has 30 heavy (non-hydrogen) atoms. The molecule has 0 radical (unpaired) electrons. The number of benzene rings is 2. The number of nitrogens with zero attached hydrogens (tertiary/aromatic N) is 4. The predicted molar refractivity (Wildman–Crippen MR) is 110 cm³/mol. The first kappa shape index (κ1) is 20.3. The van der Waals surface area contributed by atoms with Gasteiger partial charge in [0.05, 0.1) is 34.0 Å². The van der Waals surface area contributed by atoms with Gasteiger partial charge in [0.1, 0.15) is 11.6 Å². The lowest BCUT2D eigenvalue weighted by Crippen LogP contribution is -2.36. The average Bonchev–Trinajstić information content (AvgIpc) is 3.16. The molecule has 0 saturated carbocycles. The second kappa shape index (κ2) is 9.23. The summed E-state index contributed by atoms with van der Waals surface area (Å²) in [4.78, 5) is 2.29. The highest BCUT2D eigenvalue weighted by atomic mass is 19.1. The van der Waals surface area contributed by atoms with Crippen molar-refractivity contribution >= 4 is 0 Å². The Bertz CT molecular complexity index is 985. The van der Waals surface area contributed by atoms with Gasteiger partial charge < -0.3 is 14.2 Å². The highest BCUT2D eigenvalue weighted by molar-refractivity contribution is 5.44. The van der Waals surface area contributed by atoms with Crippen molar-refractivity contribution < 1.29 is 18.6 Å². The Morgan fingerprint density at radius 1 is 0.933 bits per heavy atom. The summed E-state index contributed by atoms with van der Waals surface area (Å²) >= 11 is 0. The summed E-state index contributed by atoms with van der Waals surface area (Å²) in [7, 11) is 3.23. The second-order valence-electron chi connectivity index (χ2n) is 7.10. The molecule has 1 aliphatic rings. The lowest BCUT2D eigenvalue weighted by Gasteiger charge is -2.26. The van der Waals surface area contributed by atoms with Gasteiger partial charge in [0.15, 0.2) is 17.3 Å². The van der Waals surface area contributed by atoms with Crippen molar-refractivity contribution in [3.05, 3.63) is 65.5 Å². The third kappa shape index (κ3) is 4.44. The summed E-state index contributed by atoms with van der Waals surface area (Å²) in [6.45, 7) is 3.77. The third-order valence-corrected chi connectivity index (χ3v) is 5.16. The van der Waals surface area contributed by atoms with Crippen LogP contribution < -0.4 is 9.47 Å². The SMILES string of the molecule is COc1ccc(Cc2nnc(CN3CCOCC3)n2-c2ccc(F)cc2)cc1OC. The number of hydrogen-bond acceptors (Lipinski definition) is 6. The molecule has 7 nitrogen and oxygen atoms in total. The van der Waals surface area contributed by atoms with Crippen LogP contribution in [-0.4, -0.2) is 60.2 Å². The van der Waals surface area contributed by atoms with Gasteiger partial charge in [0, 0.05) is 25.2 Å². The van der Waals surface area contributed by atoms with Crippen LogP contribution in [0.4, 0.5) is 4.39 Å². The normalized spacial score (nSPS) is 14.6. The number of aromatic nitrogens is 3. The fraction of sp³-hybridized carbons (Fsp3) is 0.364. The maximum absolute atomic E-state index is 13.5. The fourth-order valence-electron chi connectivity index (χ4n) is 3.59. The van der Waals surface area contributed by atoms with Crippen LogP contribution >= 0.6 is 0 Å². The number of rotatable bonds is 7. The number of halogens is 1. The number of morpholine rings is 1. The molecule has 1 saturated heterocycles. The molecule has 8 heteroatoms. The highest BCUT2D eigenvalue weighted by Crippen LogP contribution is 2.29. The largest absolute Gasteiger partial charge is 0.493 e. The van der Waals surface area contributed by atoms with Crippen molar-refractivity contribution in [3.8, 4) is 17.2 Å². The van der Waals surface area contributed by atoms with E-state index in [1.807, 2.05) is 22.8 Å². The lowest BCUT2D eigenvalue weighted by atomic mass is 10.1. The molecule has 0 N–H and O–H groups in total. The fourth-order valence-corrected chi connectivity index (χ4v) is 3.59. The van der Waals surface area contributed by atoms with Crippen molar-refractivity contribution in [2.45, 2.75) is 13.0 Å². The summed E-state index contributed by atoms with van der Waals surface area (Å²) in [6.07, 6.45) is 0.549. The van der Waals surface area contributed by atoms with E-state index in [9.17, 15) is 4.39 Å². The maximum Gasteiger partial charge on any atom is 0.161 e. The van der Waals surface area contributed by atoms with Crippen molar-refractivity contribution in [2.75, 3.05) is 40.5 Å². The van der Waals surface area contributed by atoms with E-state index in [1.165, 1.54) is 12.1 Å². The van der Waals surface area contributed by atoms with Gasteiger partial charge in [0.2, 0.25) is 0 Å². The lowest BCUT2D eigenvalue weighted by molar-refractivity contribution is 0.0328. The van der Waals surface area contributed by atoms with E-state index in [1.54, 1.807) is 26.4 Å². The van der Waals surface area contributed by atoms with Crippen molar-refractivity contribution in [1.82, 2.24) is 19.7 Å². The Kier molecular flexibility index (Phi) is 6.25. The molecule has 2 aromatic carbocycles. The van der Waals surface area contributed by atoms with Gasteiger partial charge in [-0.1, -0.05) is 6.07 Å².